The lowest BCUT2D eigenvalue weighted by Crippen LogP contribution is -2.29. The summed E-state index contributed by atoms with van der Waals surface area (Å²) in [6.07, 6.45) is 2.84. The second-order valence-electron chi connectivity index (χ2n) is 8.98. The summed E-state index contributed by atoms with van der Waals surface area (Å²) < 4.78 is 2.39. The third-order valence-corrected chi connectivity index (χ3v) is 7.13. The zero-order valence-corrected chi connectivity index (χ0v) is 20.9. The molecule has 0 radical (unpaired) electrons. The average molecular weight is 467 g/mol. The second-order valence-corrected chi connectivity index (χ2v) is 9.36. The highest BCUT2D eigenvalue weighted by atomic mass is 32.1. The van der Waals surface area contributed by atoms with Gasteiger partial charge in [0.25, 0.3) is 0 Å². The lowest BCUT2D eigenvalue weighted by atomic mass is 9.96. The van der Waals surface area contributed by atoms with Gasteiger partial charge in [0.05, 0.1) is 17.8 Å². The number of nitrogens with zero attached hydrogens (tertiary/aromatic N) is 3. The number of hydrogen-bond donors (Lipinski definition) is 1. The van der Waals surface area contributed by atoms with E-state index in [0.717, 1.165) is 22.9 Å². The van der Waals surface area contributed by atoms with Gasteiger partial charge in [-0.1, -0.05) is 48.9 Å². The molecule has 3 heterocycles. The fraction of sp³-hybridized carbons (Fsp3) is 0.241. The first-order chi connectivity index (χ1) is 16.5. The number of para-hydroxylation sites is 1. The minimum absolute atomic E-state index is 0.0150. The first-order valence-corrected chi connectivity index (χ1v) is 12.2. The number of hydrogen-bond acceptors (Lipinski definition) is 2. The number of benzene rings is 2. The predicted octanol–water partition coefficient (Wildman–Crippen LogP) is 6.54. The monoisotopic (exact) mass is 466 g/mol. The molecule has 5 rings (SSSR count). The van der Waals surface area contributed by atoms with Crippen molar-refractivity contribution in [1.82, 2.24) is 14.9 Å². The molecule has 2 atom stereocenters. The van der Waals surface area contributed by atoms with Crippen molar-refractivity contribution < 1.29 is 0 Å². The Balaban J connectivity index is 1.69. The van der Waals surface area contributed by atoms with E-state index in [2.05, 4.69) is 103 Å². The normalized spacial score (nSPS) is 17.8. The zero-order chi connectivity index (χ0) is 23.8. The van der Waals surface area contributed by atoms with E-state index >= 15 is 0 Å². The Labute approximate surface area is 207 Å². The molecular formula is C29H30N4S. The molecule has 0 amide bonds. The molecule has 0 saturated carbocycles. The standard InChI is InChI=1S/C29H30N4S/c1-5-22-10-6-7-12-26(22)32-20(3)18-24(21(32)4)28-27(25-11-8-9-17-30-25)31-29(34)33(28)23-15-13-19(2)14-16-23/h6-18,27-28H,5H2,1-4H3,(H,31,34)/t27-,28+/m0/s1. The van der Waals surface area contributed by atoms with Crippen LogP contribution in [0.15, 0.2) is 79.0 Å². The predicted molar refractivity (Wildman–Crippen MR) is 144 cm³/mol. The van der Waals surface area contributed by atoms with E-state index in [1.165, 1.54) is 33.8 Å². The summed E-state index contributed by atoms with van der Waals surface area (Å²) in [5.41, 5.74) is 9.60. The van der Waals surface area contributed by atoms with Crippen molar-refractivity contribution in [3.8, 4) is 5.69 Å². The number of pyridine rings is 1. The molecule has 1 saturated heterocycles. The third-order valence-electron chi connectivity index (χ3n) is 6.81. The lowest BCUT2D eigenvalue weighted by Gasteiger charge is -2.28. The van der Waals surface area contributed by atoms with E-state index in [9.17, 15) is 0 Å². The van der Waals surface area contributed by atoms with Crippen molar-refractivity contribution in [2.75, 3.05) is 4.90 Å². The van der Waals surface area contributed by atoms with Crippen molar-refractivity contribution in [2.24, 2.45) is 0 Å². The summed E-state index contributed by atoms with van der Waals surface area (Å²) >= 11 is 5.91. The molecular weight excluding hydrogens is 436 g/mol. The quantitative estimate of drug-likeness (QED) is 0.339. The van der Waals surface area contributed by atoms with E-state index in [0.29, 0.717) is 0 Å². The number of aromatic nitrogens is 2. The van der Waals surface area contributed by atoms with Crippen molar-refractivity contribution in [3.05, 3.63) is 113 Å². The third kappa shape index (κ3) is 3.80. The van der Waals surface area contributed by atoms with E-state index in [4.69, 9.17) is 17.2 Å². The maximum Gasteiger partial charge on any atom is 0.174 e. The molecule has 5 heteroatoms. The smallest absolute Gasteiger partial charge is 0.174 e. The molecule has 1 aliphatic rings. The second kappa shape index (κ2) is 9.07. The number of anilines is 1. The van der Waals surface area contributed by atoms with Gasteiger partial charge in [0.1, 0.15) is 0 Å². The van der Waals surface area contributed by atoms with Gasteiger partial charge in [-0.15, -0.1) is 0 Å². The van der Waals surface area contributed by atoms with Crippen LogP contribution in [-0.4, -0.2) is 14.7 Å². The zero-order valence-electron chi connectivity index (χ0n) is 20.1. The molecule has 34 heavy (non-hydrogen) atoms. The molecule has 0 aliphatic carbocycles. The van der Waals surface area contributed by atoms with Crippen molar-refractivity contribution in [2.45, 2.75) is 46.2 Å². The molecule has 0 bridgehead atoms. The van der Waals surface area contributed by atoms with Crippen molar-refractivity contribution >= 4 is 23.0 Å². The van der Waals surface area contributed by atoms with Crippen molar-refractivity contribution in [3.63, 3.8) is 0 Å². The first kappa shape index (κ1) is 22.4. The molecule has 4 aromatic rings. The maximum absolute atomic E-state index is 5.91. The Morgan fingerprint density at radius 3 is 2.38 bits per heavy atom. The summed E-state index contributed by atoms with van der Waals surface area (Å²) in [7, 11) is 0. The fourth-order valence-electron chi connectivity index (χ4n) is 5.14. The van der Waals surface area contributed by atoms with Crippen LogP contribution in [0.3, 0.4) is 0 Å². The van der Waals surface area contributed by atoms with Crippen LogP contribution in [0.5, 0.6) is 0 Å². The molecule has 0 spiro atoms. The lowest BCUT2D eigenvalue weighted by molar-refractivity contribution is 0.565. The summed E-state index contributed by atoms with van der Waals surface area (Å²) in [5.74, 6) is 0. The van der Waals surface area contributed by atoms with Crippen LogP contribution in [0.4, 0.5) is 5.69 Å². The van der Waals surface area contributed by atoms with E-state index in [1.54, 1.807) is 0 Å². The molecule has 2 aromatic carbocycles. The van der Waals surface area contributed by atoms with Crippen LogP contribution < -0.4 is 10.2 Å². The Morgan fingerprint density at radius 2 is 1.68 bits per heavy atom. The molecule has 4 nitrogen and oxygen atoms in total. The Morgan fingerprint density at radius 1 is 0.941 bits per heavy atom. The Hall–Kier alpha value is -3.44. The van der Waals surface area contributed by atoms with Gasteiger partial charge < -0.3 is 14.8 Å². The van der Waals surface area contributed by atoms with Crippen LogP contribution in [0, 0.1) is 20.8 Å². The molecule has 2 aromatic heterocycles. The van der Waals surface area contributed by atoms with Gasteiger partial charge in [-0.05, 0) is 86.9 Å². The maximum atomic E-state index is 5.91. The minimum Gasteiger partial charge on any atom is -0.351 e. The van der Waals surface area contributed by atoms with Crippen LogP contribution in [0.1, 0.15) is 52.8 Å². The van der Waals surface area contributed by atoms with Gasteiger partial charge in [0.2, 0.25) is 0 Å². The molecule has 1 N–H and O–H groups in total. The highest BCUT2D eigenvalue weighted by molar-refractivity contribution is 7.80. The van der Waals surface area contributed by atoms with Crippen LogP contribution >= 0.6 is 12.2 Å². The van der Waals surface area contributed by atoms with E-state index in [-0.39, 0.29) is 12.1 Å². The van der Waals surface area contributed by atoms with Gasteiger partial charge in [0, 0.05) is 29.0 Å². The van der Waals surface area contributed by atoms with Crippen LogP contribution in [0.2, 0.25) is 0 Å². The van der Waals surface area contributed by atoms with Crippen LogP contribution in [-0.2, 0) is 6.42 Å². The van der Waals surface area contributed by atoms with Gasteiger partial charge in [-0.3, -0.25) is 4.98 Å². The van der Waals surface area contributed by atoms with Gasteiger partial charge in [-0.2, -0.15) is 0 Å². The van der Waals surface area contributed by atoms with Gasteiger partial charge >= 0.3 is 0 Å². The molecule has 172 valence electrons. The number of nitrogens with one attached hydrogen (secondary N) is 1. The summed E-state index contributed by atoms with van der Waals surface area (Å²) in [6.45, 7) is 8.73. The van der Waals surface area contributed by atoms with Crippen molar-refractivity contribution in [1.29, 1.82) is 0 Å². The summed E-state index contributed by atoms with van der Waals surface area (Å²) in [4.78, 5) is 6.96. The number of thiocarbonyl (C=S) groups is 1. The molecule has 1 aliphatic heterocycles. The van der Waals surface area contributed by atoms with E-state index < -0.39 is 0 Å². The average Bonchev–Trinajstić information content (AvgIpc) is 3.35. The molecule has 0 unspecified atom stereocenters. The first-order valence-electron chi connectivity index (χ1n) is 11.8. The largest absolute Gasteiger partial charge is 0.351 e. The van der Waals surface area contributed by atoms with Gasteiger partial charge in [-0.25, -0.2) is 0 Å². The number of aryl methyl sites for hydroxylation is 3. The highest BCUT2D eigenvalue weighted by Gasteiger charge is 2.42. The SMILES string of the molecule is CCc1ccccc1-n1c(C)cc([C@@H]2[C@H](c3ccccn3)NC(=S)N2c2ccc(C)cc2)c1C. The minimum atomic E-state index is -0.0506. The Kier molecular flexibility index (Phi) is 5.96. The molecule has 1 fully saturated rings. The summed E-state index contributed by atoms with van der Waals surface area (Å²) in [6, 6.07) is 25.6. The van der Waals surface area contributed by atoms with E-state index in [1.807, 2.05) is 18.3 Å². The fourth-order valence-corrected chi connectivity index (χ4v) is 5.49. The number of rotatable bonds is 5. The Bertz CT molecular complexity index is 1320. The highest BCUT2D eigenvalue weighted by Crippen LogP contribution is 2.43. The van der Waals surface area contributed by atoms with Crippen LogP contribution in [0.25, 0.3) is 5.69 Å². The summed E-state index contributed by atoms with van der Waals surface area (Å²) in [5, 5.41) is 4.31. The van der Waals surface area contributed by atoms with Gasteiger partial charge in [0.15, 0.2) is 5.11 Å². The topological polar surface area (TPSA) is 33.1 Å².